The maximum Gasteiger partial charge on any atom is 0.0264 e. The van der Waals surface area contributed by atoms with Crippen LogP contribution in [-0.4, -0.2) is 36.6 Å². The van der Waals surface area contributed by atoms with Crippen molar-refractivity contribution in [3.63, 3.8) is 0 Å². The minimum atomic E-state index is 0. The Bertz CT molecular complexity index is 175. The van der Waals surface area contributed by atoms with E-state index in [-0.39, 0.29) is 12.4 Å². The van der Waals surface area contributed by atoms with Gasteiger partial charge in [-0.05, 0) is 38.8 Å². The van der Waals surface area contributed by atoms with Gasteiger partial charge in [-0.3, -0.25) is 4.90 Å². The standard InChI is InChI=1S/C11H22N2.ClH/c1-3-4-9(2)13-6-5-10-7-12-8-11(10)13;/h9-12H,3-8H2,1-2H3;1H/t9?,10-,11+;/m0./s1. The number of halogens is 1. The molecule has 2 heterocycles. The zero-order chi connectivity index (χ0) is 9.26. The number of nitrogens with zero attached hydrogens (tertiary/aromatic N) is 1. The Balaban J connectivity index is 0.000000980. The van der Waals surface area contributed by atoms with Crippen molar-refractivity contribution in [1.82, 2.24) is 10.2 Å². The van der Waals surface area contributed by atoms with Crippen molar-refractivity contribution < 1.29 is 0 Å². The lowest BCUT2D eigenvalue weighted by molar-refractivity contribution is 0.181. The van der Waals surface area contributed by atoms with Crippen LogP contribution >= 0.6 is 12.4 Å². The van der Waals surface area contributed by atoms with E-state index in [1.54, 1.807) is 0 Å². The van der Waals surface area contributed by atoms with Gasteiger partial charge in [-0.25, -0.2) is 0 Å². The lowest BCUT2D eigenvalue weighted by atomic mass is 10.0. The Labute approximate surface area is 93.8 Å². The molecule has 14 heavy (non-hydrogen) atoms. The third-order valence-electron chi connectivity index (χ3n) is 3.76. The summed E-state index contributed by atoms with van der Waals surface area (Å²) in [6, 6.07) is 1.67. The summed E-state index contributed by atoms with van der Waals surface area (Å²) in [5.74, 6) is 0.958. The Morgan fingerprint density at radius 3 is 2.93 bits per heavy atom. The quantitative estimate of drug-likeness (QED) is 0.779. The van der Waals surface area contributed by atoms with Crippen molar-refractivity contribution in [1.29, 1.82) is 0 Å². The molecule has 0 amide bonds. The maximum absolute atomic E-state index is 3.51. The zero-order valence-electron chi connectivity index (χ0n) is 9.33. The van der Waals surface area contributed by atoms with Crippen molar-refractivity contribution >= 4 is 12.4 Å². The van der Waals surface area contributed by atoms with Crippen LogP contribution in [0.1, 0.15) is 33.1 Å². The van der Waals surface area contributed by atoms with Crippen LogP contribution in [0.25, 0.3) is 0 Å². The van der Waals surface area contributed by atoms with E-state index in [0.717, 1.165) is 18.0 Å². The van der Waals surface area contributed by atoms with Gasteiger partial charge in [-0.2, -0.15) is 0 Å². The van der Waals surface area contributed by atoms with Crippen molar-refractivity contribution in [2.45, 2.75) is 45.2 Å². The maximum atomic E-state index is 3.51. The van der Waals surface area contributed by atoms with Gasteiger partial charge in [0.05, 0.1) is 0 Å². The predicted molar refractivity (Wildman–Crippen MR) is 63.1 cm³/mol. The lowest BCUT2D eigenvalue weighted by Gasteiger charge is -2.29. The molecular formula is C11H23ClN2. The van der Waals surface area contributed by atoms with Crippen LogP contribution in [0.4, 0.5) is 0 Å². The summed E-state index contributed by atoms with van der Waals surface area (Å²) in [6.45, 7) is 8.53. The van der Waals surface area contributed by atoms with E-state index >= 15 is 0 Å². The molecule has 0 aromatic rings. The van der Waals surface area contributed by atoms with Crippen LogP contribution in [-0.2, 0) is 0 Å². The van der Waals surface area contributed by atoms with Gasteiger partial charge in [-0.15, -0.1) is 12.4 Å². The monoisotopic (exact) mass is 218 g/mol. The molecule has 2 aliphatic heterocycles. The molecule has 2 fully saturated rings. The van der Waals surface area contributed by atoms with Gasteiger partial charge >= 0.3 is 0 Å². The fourth-order valence-corrected chi connectivity index (χ4v) is 3.01. The van der Waals surface area contributed by atoms with E-state index in [2.05, 4.69) is 24.1 Å². The smallest absolute Gasteiger partial charge is 0.0264 e. The summed E-state index contributed by atoms with van der Waals surface area (Å²) < 4.78 is 0. The van der Waals surface area contributed by atoms with E-state index in [1.165, 1.54) is 38.9 Å². The molecule has 2 rings (SSSR count). The molecule has 1 unspecified atom stereocenters. The SMILES string of the molecule is CCCC(C)N1CC[C@H]2CNC[C@H]21.Cl. The summed E-state index contributed by atoms with van der Waals surface area (Å²) in [6.07, 6.45) is 4.11. The van der Waals surface area contributed by atoms with Crippen LogP contribution in [0.2, 0.25) is 0 Å². The predicted octanol–water partition coefficient (Wildman–Crippen LogP) is 1.89. The Kier molecular flexibility index (Phi) is 4.68. The fraction of sp³-hybridized carbons (Fsp3) is 1.00. The van der Waals surface area contributed by atoms with Crippen LogP contribution in [0, 0.1) is 5.92 Å². The molecular weight excluding hydrogens is 196 g/mol. The third kappa shape index (κ3) is 2.23. The van der Waals surface area contributed by atoms with Crippen LogP contribution in [0.3, 0.4) is 0 Å². The first-order valence-corrected chi connectivity index (χ1v) is 5.79. The van der Waals surface area contributed by atoms with Crippen molar-refractivity contribution in [3.05, 3.63) is 0 Å². The summed E-state index contributed by atoms with van der Waals surface area (Å²) in [5, 5.41) is 3.51. The van der Waals surface area contributed by atoms with Gasteiger partial charge in [0.2, 0.25) is 0 Å². The average molecular weight is 219 g/mol. The fourth-order valence-electron chi connectivity index (χ4n) is 3.01. The van der Waals surface area contributed by atoms with Crippen LogP contribution < -0.4 is 5.32 Å². The molecule has 84 valence electrons. The number of hydrogen-bond acceptors (Lipinski definition) is 2. The van der Waals surface area contributed by atoms with Gasteiger partial charge in [0, 0.05) is 18.6 Å². The highest BCUT2D eigenvalue weighted by molar-refractivity contribution is 5.85. The van der Waals surface area contributed by atoms with Crippen molar-refractivity contribution in [2.24, 2.45) is 5.92 Å². The van der Waals surface area contributed by atoms with Crippen LogP contribution in [0.15, 0.2) is 0 Å². The summed E-state index contributed by atoms with van der Waals surface area (Å²) in [5.41, 5.74) is 0. The highest BCUT2D eigenvalue weighted by Crippen LogP contribution is 2.29. The molecule has 3 atom stereocenters. The second-order valence-corrected chi connectivity index (χ2v) is 4.65. The first-order chi connectivity index (χ1) is 6.33. The van der Waals surface area contributed by atoms with Gasteiger partial charge in [0.1, 0.15) is 0 Å². The summed E-state index contributed by atoms with van der Waals surface area (Å²) in [7, 11) is 0. The molecule has 0 radical (unpaired) electrons. The number of nitrogens with one attached hydrogen (secondary N) is 1. The normalized spacial score (nSPS) is 33.9. The lowest BCUT2D eigenvalue weighted by Crippen LogP contribution is -2.40. The van der Waals surface area contributed by atoms with Gasteiger partial charge in [0.25, 0.3) is 0 Å². The zero-order valence-corrected chi connectivity index (χ0v) is 10.1. The molecule has 2 saturated heterocycles. The number of rotatable bonds is 3. The second-order valence-electron chi connectivity index (χ2n) is 4.65. The largest absolute Gasteiger partial charge is 0.315 e. The topological polar surface area (TPSA) is 15.3 Å². The van der Waals surface area contributed by atoms with Crippen molar-refractivity contribution in [3.8, 4) is 0 Å². The molecule has 1 N–H and O–H groups in total. The molecule has 0 saturated carbocycles. The van der Waals surface area contributed by atoms with Gasteiger partial charge < -0.3 is 5.32 Å². The Hall–Kier alpha value is 0.210. The average Bonchev–Trinajstić information content (AvgIpc) is 2.62. The number of fused-ring (bicyclic) bond motifs is 1. The van der Waals surface area contributed by atoms with E-state index in [0.29, 0.717) is 0 Å². The third-order valence-corrected chi connectivity index (χ3v) is 3.76. The summed E-state index contributed by atoms with van der Waals surface area (Å²) >= 11 is 0. The molecule has 0 bridgehead atoms. The minimum absolute atomic E-state index is 0. The highest BCUT2D eigenvalue weighted by atomic mass is 35.5. The molecule has 2 aliphatic rings. The first kappa shape index (κ1) is 12.3. The highest BCUT2D eigenvalue weighted by Gasteiger charge is 2.38. The van der Waals surface area contributed by atoms with Crippen LogP contribution in [0.5, 0.6) is 0 Å². The van der Waals surface area contributed by atoms with E-state index < -0.39 is 0 Å². The Morgan fingerprint density at radius 1 is 1.43 bits per heavy atom. The van der Waals surface area contributed by atoms with E-state index in [1.807, 2.05) is 0 Å². The second kappa shape index (κ2) is 5.34. The molecule has 0 aromatic carbocycles. The number of hydrogen-bond donors (Lipinski definition) is 1. The minimum Gasteiger partial charge on any atom is -0.315 e. The first-order valence-electron chi connectivity index (χ1n) is 5.79. The molecule has 0 spiro atoms. The molecule has 3 heteroatoms. The molecule has 0 aliphatic carbocycles. The summed E-state index contributed by atoms with van der Waals surface area (Å²) in [4.78, 5) is 2.73. The van der Waals surface area contributed by atoms with E-state index in [9.17, 15) is 0 Å². The van der Waals surface area contributed by atoms with Crippen molar-refractivity contribution in [2.75, 3.05) is 19.6 Å². The molecule has 2 nitrogen and oxygen atoms in total. The Morgan fingerprint density at radius 2 is 2.21 bits per heavy atom. The number of likely N-dealkylation sites (tertiary alicyclic amines) is 1. The van der Waals surface area contributed by atoms with Gasteiger partial charge in [0.15, 0.2) is 0 Å². The van der Waals surface area contributed by atoms with Gasteiger partial charge in [-0.1, -0.05) is 13.3 Å². The molecule has 0 aromatic heterocycles. The van der Waals surface area contributed by atoms with E-state index in [4.69, 9.17) is 0 Å².